The summed E-state index contributed by atoms with van der Waals surface area (Å²) in [4.78, 5) is 37.3. The second-order valence-electron chi connectivity index (χ2n) is 8.51. The van der Waals surface area contributed by atoms with Gasteiger partial charge in [-0.2, -0.15) is 0 Å². The first-order valence-corrected chi connectivity index (χ1v) is 11.2. The van der Waals surface area contributed by atoms with E-state index in [1.54, 1.807) is 0 Å². The lowest BCUT2D eigenvalue weighted by Crippen LogP contribution is -2.59. The lowest BCUT2D eigenvalue weighted by Gasteiger charge is -2.41. The average Bonchev–Trinajstić information content (AvgIpc) is 2.87. The second-order valence-corrected chi connectivity index (χ2v) is 8.51. The van der Waals surface area contributed by atoms with E-state index in [9.17, 15) is 45.0 Å². The van der Waals surface area contributed by atoms with Gasteiger partial charge in [-0.15, -0.1) is 0 Å². The summed E-state index contributed by atoms with van der Waals surface area (Å²) in [5, 5.41) is 59.0. The molecule has 0 bridgehead atoms. The SMILES string of the molecule is COC(=O)C1(OC(=O)C=Cc2ccc(O)c(O)c2)CC(O)C(OC(=O)C=Cc2ccc(O)c(O)c2)C(O)C1. The molecule has 0 aromatic heterocycles. The van der Waals surface area contributed by atoms with Gasteiger partial charge < -0.3 is 44.8 Å². The van der Waals surface area contributed by atoms with Gasteiger partial charge >= 0.3 is 17.9 Å². The second kappa shape index (κ2) is 11.7. The molecule has 2 atom stereocenters. The van der Waals surface area contributed by atoms with Crippen LogP contribution in [0.15, 0.2) is 48.6 Å². The van der Waals surface area contributed by atoms with Crippen molar-refractivity contribution in [3.63, 3.8) is 0 Å². The van der Waals surface area contributed by atoms with Crippen molar-refractivity contribution in [2.24, 2.45) is 0 Å². The molecule has 0 heterocycles. The van der Waals surface area contributed by atoms with E-state index in [1.807, 2.05) is 0 Å². The van der Waals surface area contributed by atoms with E-state index < -0.39 is 66.2 Å². The molecule has 1 fully saturated rings. The van der Waals surface area contributed by atoms with E-state index in [1.165, 1.54) is 48.6 Å². The molecule has 0 aliphatic heterocycles. The maximum Gasteiger partial charge on any atom is 0.350 e. The molecule has 1 aliphatic carbocycles. The van der Waals surface area contributed by atoms with Crippen molar-refractivity contribution in [2.75, 3.05) is 7.11 Å². The van der Waals surface area contributed by atoms with Crippen LogP contribution < -0.4 is 0 Å². The maximum atomic E-state index is 12.5. The van der Waals surface area contributed by atoms with Gasteiger partial charge in [-0.3, -0.25) is 0 Å². The number of benzene rings is 2. The Bertz CT molecular complexity index is 1250. The van der Waals surface area contributed by atoms with Gasteiger partial charge in [0.2, 0.25) is 5.60 Å². The fourth-order valence-corrected chi connectivity index (χ4v) is 3.90. The van der Waals surface area contributed by atoms with Crippen LogP contribution in [0.25, 0.3) is 12.2 Å². The first-order valence-electron chi connectivity index (χ1n) is 11.2. The van der Waals surface area contributed by atoms with Crippen LogP contribution in [0.1, 0.15) is 24.0 Å². The number of carbonyl (C=O) groups is 3. The van der Waals surface area contributed by atoms with E-state index in [0.717, 1.165) is 19.3 Å². The summed E-state index contributed by atoms with van der Waals surface area (Å²) in [6, 6.07) is 7.62. The fourth-order valence-electron chi connectivity index (χ4n) is 3.90. The van der Waals surface area contributed by atoms with Crippen LogP contribution in [0.5, 0.6) is 23.0 Å². The van der Waals surface area contributed by atoms with Gasteiger partial charge in [0.15, 0.2) is 29.1 Å². The molecule has 12 heteroatoms. The van der Waals surface area contributed by atoms with E-state index >= 15 is 0 Å². The predicted molar refractivity (Wildman–Crippen MR) is 130 cm³/mol. The zero-order valence-corrected chi connectivity index (χ0v) is 20.1. The molecule has 1 aliphatic rings. The van der Waals surface area contributed by atoms with Crippen molar-refractivity contribution >= 4 is 30.1 Å². The molecule has 1 saturated carbocycles. The number of methoxy groups -OCH3 is 1. The minimum absolute atomic E-state index is 0.329. The zero-order valence-electron chi connectivity index (χ0n) is 20.1. The standard InChI is InChI=1S/C26H26O12/c1-36-25(35)26(38-23(34)9-5-15-3-7-17(28)19(30)11-15)12-20(31)24(21(32)13-26)37-22(33)8-4-14-2-6-16(27)18(29)10-14/h2-11,20-21,24,27-32H,12-13H2,1H3. The summed E-state index contributed by atoms with van der Waals surface area (Å²) >= 11 is 0. The Balaban J connectivity index is 1.69. The van der Waals surface area contributed by atoms with Crippen molar-refractivity contribution in [1.29, 1.82) is 0 Å². The molecule has 3 rings (SSSR count). The fraction of sp³-hybridized carbons (Fsp3) is 0.269. The van der Waals surface area contributed by atoms with Gasteiger partial charge in [-0.25, -0.2) is 14.4 Å². The molecular weight excluding hydrogens is 504 g/mol. The summed E-state index contributed by atoms with van der Waals surface area (Å²) < 4.78 is 15.2. The summed E-state index contributed by atoms with van der Waals surface area (Å²) in [6.07, 6.45) is -1.40. The van der Waals surface area contributed by atoms with E-state index in [-0.39, 0.29) is 11.5 Å². The van der Waals surface area contributed by atoms with Crippen LogP contribution >= 0.6 is 0 Å². The third-order valence-corrected chi connectivity index (χ3v) is 5.76. The molecule has 2 aromatic rings. The van der Waals surface area contributed by atoms with Gasteiger partial charge in [0.05, 0.1) is 19.3 Å². The molecule has 12 nitrogen and oxygen atoms in total. The van der Waals surface area contributed by atoms with Gasteiger partial charge in [-0.05, 0) is 47.5 Å². The summed E-state index contributed by atoms with van der Waals surface area (Å²) in [6.45, 7) is 0. The molecule has 0 radical (unpaired) electrons. The Kier molecular flexibility index (Phi) is 8.61. The van der Waals surface area contributed by atoms with Crippen LogP contribution in [0.4, 0.5) is 0 Å². The lowest BCUT2D eigenvalue weighted by molar-refractivity contribution is -0.209. The largest absolute Gasteiger partial charge is 0.504 e. The third-order valence-electron chi connectivity index (χ3n) is 5.76. The normalized spacial score (nSPS) is 23.3. The minimum Gasteiger partial charge on any atom is -0.504 e. The van der Waals surface area contributed by atoms with Crippen molar-refractivity contribution in [2.45, 2.75) is 36.8 Å². The van der Waals surface area contributed by atoms with E-state index in [2.05, 4.69) is 0 Å². The lowest BCUT2D eigenvalue weighted by atomic mass is 9.79. The van der Waals surface area contributed by atoms with Crippen molar-refractivity contribution in [1.82, 2.24) is 0 Å². The maximum absolute atomic E-state index is 12.5. The van der Waals surface area contributed by atoms with Crippen LogP contribution in [-0.2, 0) is 28.6 Å². The number of aromatic hydroxyl groups is 4. The molecule has 6 N–H and O–H groups in total. The smallest absolute Gasteiger partial charge is 0.350 e. The first kappa shape index (κ1) is 28.0. The Morgan fingerprint density at radius 1 is 0.789 bits per heavy atom. The van der Waals surface area contributed by atoms with Crippen LogP contribution in [0.3, 0.4) is 0 Å². The summed E-state index contributed by atoms with van der Waals surface area (Å²) in [5.74, 6) is -4.55. The number of carbonyl (C=O) groups excluding carboxylic acids is 3. The molecule has 2 aromatic carbocycles. The minimum atomic E-state index is -2.09. The van der Waals surface area contributed by atoms with Gasteiger partial charge in [-0.1, -0.05) is 12.1 Å². The number of phenolic OH excluding ortho intramolecular Hbond substituents is 4. The van der Waals surface area contributed by atoms with Gasteiger partial charge in [0.1, 0.15) is 0 Å². The molecular formula is C26H26O12. The highest BCUT2D eigenvalue weighted by atomic mass is 16.6. The van der Waals surface area contributed by atoms with Crippen molar-refractivity contribution in [3.05, 3.63) is 59.7 Å². The van der Waals surface area contributed by atoms with Crippen molar-refractivity contribution < 1.29 is 59.2 Å². The number of phenols is 4. The number of hydrogen-bond donors (Lipinski definition) is 6. The van der Waals surface area contributed by atoms with Crippen LogP contribution in [0, 0.1) is 0 Å². The molecule has 0 amide bonds. The Labute approximate surface area is 216 Å². The highest BCUT2D eigenvalue weighted by molar-refractivity contribution is 5.91. The molecule has 0 spiro atoms. The van der Waals surface area contributed by atoms with Crippen molar-refractivity contribution in [3.8, 4) is 23.0 Å². The number of aliphatic hydroxyl groups is 2. The number of aliphatic hydroxyl groups excluding tert-OH is 2. The molecule has 0 saturated heterocycles. The number of rotatable bonds is 7. The van der Waals surface area contributed by atoms with Gasteiger partial charge in [0.25, 0.3) is 0 Å². The summed E-state index contributed by atoms with van der Waals surface area (Å²) in [7, 11) is 1.03. The third kappa shape index (κ3) is 6.60. The highest BCUT2D eigenvalue weighted by Crippen LogP contribution is 2.36. The van der Waals surface area contributed by atoms with Crippen LogP contribution in [-0.4, -0.2) is 79.6 Å². The summed E-state index contributed by atoms with van der Waals surface area (Å²) in [5.41, 5.74) is -1.40. The average molecular weight is 530 g/mol. The molecule has 2 unspecified atom stereocenters. The van der Waals surface area contributed by atoms with Gasteiger partial charge in [0, 0.05) is 25.0 Å². The number of esters is 3. The highest BCUT2D eigenvalue weighted by Gasteiger charge is 2.54. The quantitative estimate of drug-likeness (QED) is 0.129. The Morgan fingerprint density at radius 3 is 1.71 bits per heavy atom. The van der Waals surface area contributed by atoms with E-state index in [4.69, 9.17) is 14.2 Å². The Hall–Kier alpha value is -4.55. The van der Waals surface area contributed by atoms with Crippen LogP contribution in [0.2, 0.25) is 0 Å². The Morgan fingerprint density at radius 2 is 1.26 bits per heavy atom. The van der Waals surface area contributed by atoms with E-state index in [0.29, 0.717) is 11.1 Å². The first-order chi connectivity index (χ1) is 17.9. The zero-order chi connectivity index (χ0) is 28.0. The molecule has 38 heavy (non-hydrogen) atoms. The predicted octanol–water partition coefficient (Wildman–Crippen LogP) is 1.12. The monoisotopic (exact) mass is 530 g/mol. The number of hydrogen-bond acceptors (Lipinski definition) is 12. The number of ether oxygens (including phenoxy) is 3. The topological polar surface area (TPSA) is 200 Å². The molecule has 202 valence electrons.